The number of benzene rings is 1. The minimum atomic E-state index is -0.0233. The van der Waals surface area contributed by atoms with Gasteiger partial charge in [-0.2, -0.15) is 0 Å². The van der Waals surface area contributed by atoms with Crippen LogP contribution in [0.2, 0.25) is 0 Å². The highest BCUT2D eigenvalue weighted by molar-refractivity contribution is 9.10. The Bertz CT molecular complexity index is 434. The van der Waals surface area contributed by atoms with Gasteiger partial charge in [0.25, 0.3) is 0 Å². The number of amides is 2. The molecule has 0 bridgehead atoms. The Morgan fingerprint density at radius 3 is 2.47 bits per heavy atom. The van der Waals surface area contributed by atoms with Gasteiger partial charge in [0.1, 0.15) is 0 Å². The molecule has 0 aromatic heterocycles. The van der Waals surface area contributed by atoms with E-state index in [0.29, 0.717) is 0 Å². The first-order valence-electron chi connectivity index (χ1n) is 5.56. The molecule has 4 nitrogen and oxygen atoms in total. The van der Waals surface area contributed by atoms with Crippen molar-refractivity contribution < 1.29 is 9.53 Å². The fraction of sp³-hybridized carbons (Fsp3) is 0.417. The number of ether oxygens (including phenoxy) is 1. The number of carbonyl (C=O) groups excluding carboxylic acids is 1. The van der Waals surface area contributed by atoms with Crippen molar-refractivity contribution in [2.24, 2.45) is 5.41 Å². The lowest BCUT2D eigenvalue weighted by atomic mass is 9.78. The number of carbonyl (C=O) groups is 1. The Kier molecular flexibility index (Phi) is 2.60. The second-order valence-electron chi connectivity index (χ2n) is 4.79. The summed E-state index contributed by atoms with van der Waals surface area (Å²) in [6.45, 7) is 3.23. The molecule has 1 aromatic rings. The molecule has 0 atom stereocenters. The molecule has 0 saturated carbocycles. The number of hydrogen-bond acceptors (Lipinski definition) is 2. The highest BCUT2D eigenvalue weighted by atomic mass is 79.9. The third-order valence-electron chi connectivity index (χ3n) is 3.25. The fourth-order valence-corrected chi connectivity index (χ4v) is 2.48. The summed E-state index contributed by atoms with van der Waals surface area (Å²) in [5.74, 6) is 0. The molecule has 0 radical (unpaired) electrons. The number of hydrogen-bond donors (Lipinski definition) is 1. The van der Waals surface area contributed by atoms with Crippen molar-refractivity contribution >= 4 is 27.6 Å². The monoisotopic (exact) mass is 296 g/mol. The van der Waals surface area contributed by atoms with Crippen molar-refractivity contribution in [2.45, 2.75) is 0 Å². The van der Waals surface area contributed by atoms with Crippen molar-refractivity contribution in [3.63, 3.8) is 0 Å². The second kappa shape index (κ2) is 3.99. The molecule has 2 heterocycles. The summed E-state index contributed by atoms with van der Waals surface area (Å²) in [7, 11) is 0. The van der Waals surface area contributed by atoms with Gasteiger partial charge in [-0.1, -0.05) is 15.9 Å². The summed E-state index contributed by atoms with van der Waals surface area (Å²) in [6.07, 6.45) is 0. The smallest absolute Gasteiger partial charge is 0.321 e. The van der Waals surface area contributed by atoms with Crippen LogP contribution in [0.15, 0.2) is 28.7 Å². The van der Waals surface area contributed by atoms with E-state index in [1.807, 2.05) is 29.2 Å². The minimum absolute atomic E-state index is 0.0233. The number of likely N-dealkylation sites (tertiary alicyclic amines) is 1. The van der Waals surface area contributed by atoms with Crippen LogP contribution in [0.25, 0.3) is 0 Å². The lowest BCUT2D eigenvalue weighted by Crippen LogP contribution is -2.67. The molecule has 0 aliphatic carbocycles. The average molecular weight is 297 g/mol. The van der Waals surface area contributed by atoms with Crippen molar-refractivity contribution in [1.82, 2.24) is 4.90 Å². The largest absolute Gasteiger partial charge is 0.380 e. The van der Waals surface area contributed by atoms with Gasteiger partial charge in [0.2, 0.25) is 0 Å². The first kappa shape index (κ1) is 11.0. The predicted molar refractivity (Wildman–Crippen MR) is 68.0 cm³/mol. The third-order valence-corrected chi connectivity index (χ3v) is 3.78. The molecular weight excluding hydrogens is 284 g/mol. The van der Waals surface area contributed by atoms with Crippen LogP contribution >= 0.6 is 15.9 Å². The van der Waals surface area contributed by atoms with Gasteiger partial charge in [-0.15, -0.1) is 0 Å². The second-order valence-corrected chi connectivity index (χ2v) is 5.70. The normalized spacial score (nSPS) is 20.6. The van der Waals surface area contributed by atoms with Gasteiger partial charge in [-0.05, 0) is 24.3 Å². The molecule has 1 spiro atoms. The number of nitrogens with one attached hydrogen (secondary N) is 1. The zero-order valence-corrected chi connectivity index (χ0v) is 10.9. The number of anilines is 1. The van der Waals surface area contributed by atoms with Crippen LogP contribution in [0.5, 0.6) is 0 Å². The third kappa shape index (κ3) is 2.05. The van der Waals surface area contributed by atoms with Crippen LogP contribution in [0.4, 0.5) is 10.5 Å². The Hall–Kier alpha value is -1.07. The fourth-order valence-electron chi connectivity index (χ4n) is 2.22. The molecule has 0 unspecified atom stereocenters. The van der Waals surface area contributed by atoms with E-state index < -0.39 is 0 Å². The van der Waals surface area contributed by atoms with Crippen LogP contribution in [0, 0.1) is 5.41 Å². The molecule has 2 saturated heterocycles. The number of urea groups is 1. The maximum atomic E-state index is 11.9. The Labute approximate surface area is 108 Å². The van der Waals surface area contributed by atoms with Crippen LogP contribution in [-0.2, 0) is 4.74 Å². The highest BCUT2D eigenvalue weighted by Gasteiger charge is 2.50. The highest BCUT2D eigenvalue weighted by Crippen LogP contribution is 2.37. The number of rotatable bonds is 1. The molecule has 2 fully saturated rings. The predicted octanol–water partition coefficient (Wildman–Crippen LogP) is 2.31. The van der Waals surface area contributed by atoms with Crippen molar-refractivity contribution in [2.75, 3.05) is 31.6 Å². The molecule has 17 heavy (non-hydrogen) atoms. The Morgan fingerprint density at radius 1 is 1.29 bits per heavy atom. The van der Waals surface area contributed by atoms with Gasteiger partial charge in [-0.3, -0.25) is 0 Å². The molecule has 5 heteroatoms. The van der Waals surface area contributed by atoms with E-state index in [-0.39, 0.29) is 11.4 Å². The van der Waals surface area contributed by atoms with E-state index in [0.717, 1.165) is 36.5 Å². The quantitative estimate of drug-likeness (QED) is 0.864. The van der Waals surface area contributed by atoms with E-state index in [1.54, 1.807) is 0 Å². The Morgan fingerprint density at radius 2 is 1.94 bits per heavy atom. The lowest BCUT2D eigenvalue weighted by Gasteiger charge is -2.54. The zero-order valence-electron chi connectivity index (χ0n) is 9.28. The van der Waals surface area contributed by atoms with Crippen LogP contribution < -0.4 is 5.32 Å². The standard InChI is InChI=1S/C12H13BrN2O2/c13-9-1-3-10(4-2-9)14-11(16)15-5-12(6-15)7-17-8-12/h1-4H,5-8H2,(H,14,16). The summed E-state index contributed by atoms with van der Waals surface area (Å²) in [5.41, 5.74) is 1.10. The molecular formula is C12H13BrN2O2. The van der Waals surface area contributed by atoms with E-state index in [9.17, 15) is 4.79 Å². The molecule has 2 aliphatic rings. The summed E-state index contributed by atoms with van der Waals surface area (Å²) in [4.78, 5) is 13.7. The number of nitrogens with zero attached hydrogens (tertiary/aromatic N) is 1. The van der Waals surface area contributed by atoms with Crippen molar-refractivity contribution in [1.29, 1.82) is 0 Å². The lowest BCUT2D eigenvalue weighted by molar-refractivity contribution is -0.174. The Balaban J connectivity index is 1.55. The summed E-state index contributed by atoms with van der Waals surface area (Å²) in [6, 6.07) is 7.55. The number of halogens is 1. The van der Waals surface area contributed by atoms with E-state index in [1.165, 1.54) is 0 Å². The molecule has 2 aliphatic heterocycles. The summed E-state index contributed by atoms with van der Waals surface area (Å²) in [5, 5.41) is 2.88. The zero-order chi connectivity index (χ0) is 11.9. The van der Waals surface area contributed by atoms with Gasteiger partial charge >= 0.3 is 6.03 Å². The van der Waals surface area contributed by atoms with Crippen LogP contribution in [0.3, 0.4) is 0 Å². The van der Waals surface area contributed by atoms with E-state index >= 15 is 0 Å². The van der Waals surface area contributed by atoms with E-state index in [2.05, 4.69) is 21.2 Å². The molecule has 3 rings (SSSR count). The maximum Gasteiger partial charge on any atom is 0.321 e. The first-order valence-corrected chi connectivity index (χ1v) is 6.36. The minimum Gasteiger partial charge on any atom is -0.380 e. The molecule has 1 aromatic carbocycles. The maximum absolute atomic E-state index is 11.9. The molecule has 90 valence electrons. The first-order chi connectivity index (χ1) is 8.17. The van der Waals surface area contributed by atoms with Crippen molar-refractivity contribution in [3.8, 4) is 0 Å². The van der Waals surface area contributed by atoms with E-state index in [4.69, 9.17) is 4.74 Å². The SMILES string of the molecule is O=C(Nc1ccc(Br)cc1)N1CC2(COC2)C1. The van der Waals surface area contributed by atoms with Gasteiger partial charge in [-0.25, -0.2) is 4.79 Å². The van der Waals surface area contributed by atoms with Crippen molar-refractivity contribution in [3.05, 3.63) is 28.7 Å². The summed E-state index contributed by atoms with van der Waals surface area (Å²) < 4.78 is 6.18. The van der Waals surface area contributed by atoms with Gasteiger partial charge in [0.15, 0.2) is 0 Å². The topological polar surface area (TPSA) is 41.6 Å². The van der Waals surface area contributed by atoms with Crippen LogP contribution in [0.1, 0.15) is 0 Å². The average Bonchev–Trinajstić information content (AvgIpc) is 2.17. The van der Waals surface area contributed by atoms with Crippen LogP contribution in [-0.4, -0.2) is 37.2 Å². The molecule has 1 N–H and O–H groups in total. The van der Waals surface area contributed by atoms with Gasteiger partial charge in [0, 0.05) is 23.2 Å². The van der Waals surface area contributed by atoms with Gasteiger partial charge < -0.3 is 15.0 Å². The van der Waals surface area contributed by atoms with Gasteiger partial charge in [0.05, 0.1) is 18.6 Å². The molecule has 2 amide bonds. The summed E-state index contributed by atoms with van der Waals surface area (Å²) >= 11 is 3.36.